The van der Waals surface area contributed by atoms with E-state index in [1.807, 2.05) is 49.4 Å². The van der Waals surface area contributed by atoms with Gasteiger partial charge < -0.3 is 0 Å². The van der Waals surface area contributed by atoms with E-state index in [0.29, 0.717) is 22.4 Å². The first-order valence-corrected chi connectivity index (χ1v) is 11.4. The van der Waals surface area contributed by atoms with Gasteiger partial charge in [0.2, 0.25) is 10.0 Å². The number of halogens is 2. The summed E-state index contributed by atoms with van der Waals surface area (Å²) >= 11 is 0. The lowest BCUT2D eigenvalue weighted by Crippen LogP contribution is -2.11. The third kappa shape index (κ3) is 4.46. The standard InChI is InChI=1S/C24H21F2N3O2S/c1-16-7-9-18(10-8-16)21-22(19-11-13-20(14-12-19)32(27,30)31)28-29(23(21)24(25)26)15-17-5-3-2-4-6-17/h2-14,24H,15H2,1H3,(H2,27,30,31). The predicted molar refractivity (Wildman–Crippen MR) is 120 cm³/mol. The molecule has 0 aliphatic heterocycles. The van der Waals surface area contributed by atoms with Crippen LogP contribution in [0.4, 0.5) is 8.78 Å². The lowest BCUT2D eigenvalue weighted by molar-refractivity contribution is 0.140. The summed E-state index contributed by atoms with van der Waals surface area (Å²) in [5, 5.41) is 9.73. The van der Waals surface area contributed by atoms with Crippen LogP contribution in [0.3, 0.4) is 0 Å². The van der Waals surface area contributed by atoms with Gasteiger partial charge in [-0.3, -0.25) is 4.68 Å². The Morgan fingerprint density at radius 2 is 1.50 bits per heavy atom. The van der Waals surface area contributed by atoms with Crippen molar-refractivity contribution in [1.29, 1.82) is 0 Å². The first-order valence-electron chi connectivity index (χ1n) is 9.87. The number of hydrogen-bond acceptors (Lipinski definition) is 3. The first-order chi connectivity index (χ1) is 15.2. The molecule has 4 rings (SSSR count). The number of alkyl halides is 2. The van der Waals surface area contributed by atoms with Crippen LogP contribution in [0.5, 0.6) is 0 Å². The van der Waals surface area contributed by atoms with Crippen molar-refractivity contribution in [3.8, 4) is 22.4 Å². The molecule has 1 aromatic heterocycles. The summed E-state index contributed by atoms with van der Waals surface area (Å²) in [6, 6.07) is 22.3. The molecule has 0 aliphatic rings. The molecule has 0 atom stereocenters. The van der Waals surface area contributed by atoms with Gasteiger partial charge in [0.05, 0.1) is 11.4 Å². The summed E-state index contributed by atoms with van der Waals surface area (Å²) in [7, 11) is -3.87. The van der Waals surface area contributed by atoms with Crippen molar-refractivity contribution in [3.63, 3.8) is 0 Å². The summed E-state index contributed by atoms with van der Waals surface area (Å²) in [6.45, 7) is 2.10. The summed E-state index contributed by atoms with van der Waals surface area (Å²) in [6.07, 6.45) is -2.76. The Kier molecular flexibility index (Phi) is 5.90. The molecule has 0 aliphatic carbocycles. The highest BCUT2D eigenvalue weighted by molar-refractivity contribution is 7.89. The molecule has 5 nitrogen and oxygen atoms in total. The topological polar surface area (TPSA) is 78.0 Å². The Hall–Kier alpha value is -3.36. The largest absolute Gasteiger partial charge is 0.280 e. The van der Waals surface area contributed by atoms with E-state index in [9.17, 15) is 17.2 Å². The molecule has 8 heteroatoms. The van der Waals surface area contributed by atoms with E-state index >= 15 is 0 Å². The van der Waals surface area contributed by atoms with Gasteiger partial charge >= 0.3 is 0 Å². The molecule has 2 N–H and O–H groups in total. The van der Waals surface area contributed by atoms with Crippen LogP contribution < -0.4 is 5.14 Å². The summed E-state index contributed by atoms with van der Waals surface area (Å²) in [5.74, 6) is 0. The Balaban J connectivity index is 1.93. The normalized spacial score (nSPS) is 11.8. The zero-order valence-electron chi connectivity index (χ0n) is 17.2. The molecular weight excluding hydrogens is 432 g/mol. The smallest absolute Gasteiger partial charge is 0.258 e. The SMILES string of the molecule is Cc1ccc(-c2c(-c3ccc(S(N)(=O)=O)cc3)nn(Cc3ccccc3)c2C(F)F)cc1. The molecule has 0 saturated heterocycles. The van der Waals surface area contributed by atoms with Crippen molar-refractivity contribution in [3.05, 3.63) is 95.7 Å². The molecule has 164 valence electrons. The number of nitrogens with zero attached hydrogens (tertiary/aromatic N) is 2. The molecule has 32 heavy (non-hydrogen) atoms. The number of rotatable bonds is 6. The van der Waals surface area contributed by atoms with E-state index in [-0.39, 0.29) is 17.1 Å². The highest BCUT2D eigenvalue weighted by Crippen LogP contribution is 2.39. The van der Waals surface area contributed by atoms with E-state index < -0.39 is 16.4 Å². The van der Waals surface area contributed by atoms with E-state index in [0.717, 1.165) is 11.1 Å². The molecule has 0 unspecified atom stereocenters. The van der Waals surface area contributed by atoms with Gasteiger partial charge in [-0.25, -0.2) is 22.3 Å². The Morgan fingerprint density at radius 3 is 2.06 bits per heavy atom. The van der Waals surface area contributed by atoms with Gasteiger partial charge in [0.15, 0.2) is 0 Å². The zero-order chi connectivity index (χ0) is 22.9. The van der Waals surface area contributed by atoms with Gasteiger partial charge in [-0.05, 0) is 30.2 Å². The maximum atomic E-state index is 14.3. The van der Waals surface area contributed by atoms with Crippen molar-refractivity contribution in [2.24, 2.45) is 5.14 Å². The second kappa shape index (κ2) is 8.64. The third-order valence-electron chi connectivity index (χ3n) is 5.17. The van der Waals surface area contributed by atoms with E-state index in [1.54, 1.807) is 12.1 Å². The fourth-order valence-corrected chi connectivity index (χ4v) is 4.10. The van der Waals surface area contributed by atoms with Crippen LogP contribution in [0.1, 0.15) is 23.2 Å². The quantitative estimate of drug-likeness (QED) is 0.438. The number of sulfonamides is 1. The minimum Gasteiger partial charge on any atom is -0.258 e. The monoisotopic (exact) mass is 453 g/mol. The molecule has 0 spiro atoms. The van der Waals surface area contributed by atoms with Crippen molar-refractivity contribution in [1.82, 2.24) is 9.78 Å². The molecule has 3 aromatic carbocycles. The molecule has 1 heterocycles. The van der Waals surface area contributed by atoms with E-state index in [1.165, 1.54) is 28.9 Å². The number of hydrogen-bond donors (Lipinski definition) is 1. The lowest BCUT2D eigenvalue weighted by Gasteiger charge is -2.10. The fraction of sp³-hybridized carbons (Fsp3) is 0.125. The second-order valence-electron chi connectivity index (χ2n) is 7.49. The van der Waals surface area contributed by atoms with Crippen LogP contribution in [-0.2, 0) is 16.6 Å². The van der Waals surface area contributed by atoms with Gasteiger partial charge in [0.25, 0.3) is 6.43 Å². The number of benzene rings is 3. The van der Waals surface area contributed by atoms with Gasteiger partial charge in [0.1, 0.15) is 11.4 Å². The second-order valence-corrected chi connectivity index (χ2v) is 9.05. The molecule has 0 radical (unpaired) electrons. The van der Waals surface area contributed by atoms with Gasteiger partial charge in [-0.2, -0.15) is 5.10 Å². The summed E-state index contributed by atoms with van der Waals surface area (Å²) < 4.78 is 53.2. The van der Waals surface area contributed by atoms with Gasteiger partial charge in [0, 0.05) is 11.1 Å². The van der Waals surface area contributed by atoms with Crippen molar-refractivity contribution < 1.29 is 17.2 Å². The average Bonchev–Trinajstić information content (AvgIpc) is 3.14. The predicted octanol–water partition coefficient (Wildman–Crippen LogP) is 5.16. The molecule has 0 saturated carbocycles. The van der Waals surface area contributed by atoms with Crippen molar-refractivity contribution in [2.45, 2.75) is 24.8 Å². The van der Waals surface area contributed by atoms with Gasteiger partial charge in [-0.15, -0.1) is 0 Å². The number of nitrogens with two attached hydrogens (primary N) is 1. The van der Waals surface area contributed by atoms with Crippen LogP contribution in [0, 0.1) is 6.92 Å². The maximum Gasteiger partial charge on any atom is 0.280 e. The van der Waals surface area contributed by atoms with Crippen LogP contribution in [0.25, 0.3) is 22.4 Å². The Bertz CT molecular complexity index is 1330. The Morgan fingerprint density at radius 1 is 0.906 bits per heavy atom. The minimum absolute atomic E-state index is 0.0593. The van der Waals surface area contributed by atoms with Gasteiger partial charge in [-0.1, -0.05) is 72.3 Å². The van der Waals surface area contributed by atoms with E-state index in [2.05, 4.69) is 5.10 Å². The van der Waals surface area contributed by atoms with Crippen molar-refractivity contribution >= 4 is 10.0 Å². The molecule has 0 bridgehead atoms. The maximum absolute atomic E-state index is 14.3. The van der Waals surface area contributed by atoms with Crippen LogP contribution in [0.2, 0.25) is 0 Å². The molecule has 0 fully saturated rings. The van der Waals surface area contributed by atoms with Crippen LogP contribution in [0.15, 0.2) is 83.8 Å². The van der Waals surface area contributed by atoms with Crippen LogP contribution in [-0.4, -0.2) is 18.2 Å². The Labute approximate surface area is 185 Å². The van der Waals surface area contributed by atoms with E-state index in [4.69, 9.17) is 5.14 Å². The number of primary sulfonamides is 1. The summed E-state index contributed by atoms with van der Waals surface area (Å²) in [4.78, 5) is -0.0593. The highest BCUT2D eigenvalue weighted by Gasteiger charge is 2.27. The third-order valence-corrected chi connectivity index (χ3v) is 6.10. The number of aryl methyl sites for hydroxylation is 1. The van der Waals surface area contributed by atoms with Crippen LogP contribution >= 0.6 is 0 Å². The molecule has 0 amide bonds. The highest BCUT2D eigenvalue weighted by atomic mass is 32.2. The molecule has 4 aromatic rings. The number of aromatic nitrogens is 2. The first kappa shape index (κ1) is 21.9. The fourth-order valence-electron chi connectivity index (χ4n) is 3.58. The van der Waals surface area contributed by atoms with Crippen molar-refractivity contribution in [2.75, 3.05) is 0 Å². The average molecular weight is 454 g/mol. The zero-order valence-corrected chi connectivity index (χ0v) is 18.1. The molecular formula is C24H21F2N3O2S. The lowest BCUT2D eigenvalue weighted by atomic mass is 9.98. The minimum atomic E-state index is -3.87. The summed E-state index contributed by atoms with van der Waals surface area (Å²) in [5.41, 5.74) is 3.44.